The predicted octanol–water partition coefficient (Wildman–Crippen LogP) is 1.47. The van der Waals surface area contributed by atoms with Crippen molar-refractivity contribution in [1.29, 1.82) is 0 Å². The number of aliphatic hydroxyl groups is 2. The van der Waals surface area contributed by atoms with Crippen molar-refractivity contribution in [3.8, 4) is 0 Å². The first-order valence-electron chi connectivity index (χ1n) is 6.58. The van der Waals surface area contributed by atoms with Crippen molar-refractivity contribution in [2.75, 3.05) is 12.3 Å². The largest absolute Gasteiger partial charge is 0.444 e. The van der Waals surface area contributed by atoms with E-state index in [0.717, 1.165) is 0 Å². The second-order valence-electron chi connectivity index (χ2n) is 5.79. The number of nitrogen functional groups attached to an aromatic ring is 1. The molecule has 6 nitrogen and oxygen atoms in total. The number of carbonyl (C=O) groups excluding carboxylic acids is 1. The highest BCUT2D eigenvalue weighted by molar-refractivity contribution is 5.67. The van der Waals surface area contributed by atoms with Gasteiger partial charge < -0.3 is 26.0 Å². The normalized spacial score (nSPS) is 14.3. The Hall–Kier alpha value is -1.93. The third-order valence-corrected chi connectivity index (χ3v) is 2.66. The van der Waals surface area contributed by atoms with E-state index in [-0.39, 0.29) is 17.8 Å². The zero-order valence-electron chi connectivity index (χ0n) is 12.6. The standard InChI is InChI=1S/C14H20F2N2O4/c1-14(2,3)22-13(21)18-6-11(19)12(20)7-4-8(15)9(16)5-10(7)17/h4-5,11-12,19-20H,6,17H2,1-3H3,(H,18,21). The molecule has 0 heterocycles. The summed E-state index contributed by atoms with van der Waals surface area (Å²) in [7, 11) is 0. The van der Waals surface area contributed by atoms with Crippen molar-refractivity contribution in [3.05, 3.63) is 29.3 Å². The molecule has 1 rings (SSSR count). The number of amides is 1. The van der Waals surface area contributed by atoms with Gasteiger partial charge in [0.2, 0.25) is 0 Å². The van der Waals surface area contributed by atoms with Gasteiger partial charge in [0, 0.05) is 23.9 Å². The van der Waals surface area contributed by atoms with Gasteiger partial charge in [0.05, 0.1) is 0 Å². The van der Waals surface area contributed by atoms with Crippen LogP contribution < -0.4 is 11.1 Å². The molecule has 2 atom stereocenters. The number of nitrogens with one attached hydrogen (secondary N) is 1. The molecule has 0 spiro atoms. The van der Waals surface area contributed by atoms with Crippen molar-refractivity contribution in [2.24, 2.45) is 0 Å². The first-order valence-corrected chi connectivity index (χ1v) is 6.58. The van der Waals surface area contributed by atoms with Crippen LogP contribution in [0.3, 0.4) is 0 Å². The van der Waals surface area contributed by atoms with E-state index < -0.39 is 35.5 Å². The summed E-state index contributed by atoms with van der Waals surface area (Å²) in [5.41, 5.74) is 4.39. The molecule has 0 aliphatic heterocycles. The number of rotatable bonds is 4. The minimum atomic E-state index is -1.59. The van der Waals surface area contributed by atoms with Crippen LogP contribution in [0.5, 0.6) is 0 Å². The minimum absolute atomic E-state index is 0.169. The molecule has 0 saturated carbocycles. The molecule has 124 valence electrons. The summed E-state index contributed by atoms with van der Waals surface area (Å²) in [6.45, 7) is 4.65. The van der Waals surface area contributed by atoms with Crippen LogP contribution in [0.25, 0.3) is 0 Å². The van der Waals surface area contributed by atoms with Gasteiger partial charge in [-0.25, -0.2) is 13.6 Å². The van der Waals surface area contributed by atoms with E-state index in [9.17, 15) is 23.8 Å². The molecule has 0 radical (unpaired) electrons. The average Bonchev–Trinajstić information content (AvgIpc) is 2.37. The second-order valence-corrected chi connectivity index (χ2v) is 5.79. The molecule has 0 bridgehead atoms. The Morgan fingerprint density at radius 1 is 1.32 bits per heavy atom. The van der Waals surface area contributed by atoms with Gasteiger partial charge in [0.15, 0.2) is 11.6 Å². The molecular formula is C14H20F2N2O4. The summed E-state index contributed by atoms with van der Waals surface area (Å²) in [4.78, 5) is 11.4. The first kappa shape index (κ1) is 18.1. The van der Waals surface area contributed by atoms with Crippen molar-refractivity contribution >= 4 is 11.8 Å². The lowest BCUT2D eigenvalue weighted by Gasteiger charge is -2.22. The van der Waals surface area contributed by atoms with Gasteiger partial charge in [0.1, 0.15) is 17.8 Å². The highest BCUT2D eigenvalue weighted by Gasteiger charge is 2.24. The fraction of sp³-hybridized carbons (Fsp3) is 0.500. The number of hydrogen-bond donors (Lipinski definition) is 4. The van der Waals surface area contributed by atoms with E-state index >= 15 is 0 Å². The Labute approximate surface area is 126 Å². The fourth-order valence-corrected chi connectivity index (χ4v) is 1.65. The lowest BCUT2D eigenvalue weighted by Crippen LogP contribution is -2.39. The Balaban J connectivity index is 2.68. The molecule has 2 unspecified atom stereocenters. The number of ether oxygens (including phenoxy) is 1. The van der Waals surface area contributed by atoms with E-state index in [1.165, 1.54) is 0 Å². The molecule has 0 saturated heterocycles. The van der Waals surface area contributed by atoms with E-state index in [4.69, 9.17) is 10.5 Å². The number of nitrogens with two attached hydrogens (primary N) is 1. The zero-order valence-corrected chi connectivity index (χ0v) is 12.6. The van der Waals surface area contributed by atoms with Crippen LogP contribution in [0.1, 0.15) is 32.4 Å². The summed E-state index contributed by atoms with van der Waals surface area (Å²) in [6, 6.07) is 1.41. The summed E-state index contributed by atoms with van der Waals surface area (Å²) in [5.74, 6) is -2.36. The van der Waals surface area contributed by atoms with E-state index in [2.05, 4.69) is 5.32 Å². The van der Waals surface area contributed by atoms with Gasteiger partial charge in [-0.2, -0.15) is 0 Å². The second kappa shape index (κ2) is 6.89. The highest BCUT2D eigenvalue weighted by Crippen LogP contribution is 2.25. The molecule has 0 aliphatic carbocycles. The van der Waals surface area contributed by atoms with Gasteiger partial charge in [-0.3, -0.25) is 0 Å². The lowest BCUT2D eigenvalue weighted by molar-refractivity contribution is 0.0131. The van der Waals surface area contributed by atoms with Crippen LogP contribution in [0.2, 0.25) is 0 Å². The van der Waals surface area contributed by atoms with Crippen LogP contribution in [-0.4, -0.2) is 34.6 Å². The Morgan fingerprint density at radius 3 is 2.41 bits per heavy atom. The van der Waals surface area contributed by atoms with Crippen molar-refractivity contribution in [2.45, 2.75) is 38.6 Å². The molecule has 22 heavy (non-hydrogen) atoms. The molecule has 5 N–H and O–H groups in total. The number of alkyl carbamates (subject to hydrolysis) is 1. The van der Waals surface area contributed by atoms with E-state index in [1.54, 1.807) is 20.8 Å². The van der Waals surface area contributed by atoms with Crippen molar-refractivity contribution < 1.29 is 28.5 Å². The number of benzene rings is 1. The van der Waals surface area contributed by atoms with Gasteiger partial charge in [0.25, 0.3) is 0 Å². The number of carbonyl (C=O) groups is 1. The van der Waals surface area contributed by atoms with Crippen LogP contribution in [0.15, 0.2) is 12.1 Å². The molecule has 1 aromatic carbocycles. The first-order chi connectivity index (χ1) is 10.0. The molecule has 1 amide bonds. The number of aliphatic hydroxyl groups excluding tert-OH is 2. The molecule has 0 fully saturated rings. The van der Waals surface area contributed by atoms with E-state index in [1.807, 2.05) is 0 Å². The Kier molecular flexibility index (Phi) is 5.67. The SMILES string of the molecule is CC(C)(C)OC(=O)NCC(O)C(O)c1cc(F)c(F)cc1N. The average molecular weight is 318 g/mol. The van der Waals surface area contributed by atoms with Crippen molar-refractivity contribution in [1.82, 2.24) is 5.32 Å². The monoisotopic (exact) mass is 318 g/mol. The predicted molar refractivity (Wildman–Crippen MR) is 76.0 cm³/mol. The summed E-state index contributed by atoms with van der Waals surface area (Å²) >= 11 is 0. The topological polar surface area (TPSA) is 105 Å². The van der Waals surface area contributed by atoms with Crippen molar-refractivity contribution in [3.63, 3.8) is 0 Å². The smallest absolute Gasteiger partial charge is 0.407 e. The number of hydrogen-bond acceptors (Lipinski definition) is 5. The van der Waals surface area contributed by atoms with Gasteiger partial charge in [-0.15, -0.1) is 0 Å². The summed E-state index contributed by atoms with van der Waals surface area (Å²) in [6.07, 6.45) is -3.85. The maximum absolute atomic E-state index is 13.2. The zero-order chi connectivity index (χ0) is 17.1. The Bertz CT molecular complexity index is 546. The van der Waals surface area contributed by atoms with Crippen LogP contribution in [0, 0.1) is 11.6 Å². The Morgan fingerprint density at radius 2 is 1.86 bits per heavy atom. The fourth-order valence-electron chi connectivity index (χ4n) is 1.65. The molecule has 0 aromatic heterocycles. The lowest BCUT2D eigenvalue weighted by atomic mass is 10.0. The van der Waals surface area contributed by atoms with Gasteiger partial charge in [-0.1, -0.05) is 0 Å². The molecule has 1 aromatic rings. The number of anilines is 1. The third kappa shape index (κ3) is 5.12. The van der Waals surface area contributed by atoms with Gasteiger partial charge >= 0.3 is 6.09 Å². The molecule has 0 aliphatic rings. The summed E-state index contributed by atoms with van der Waals surface area (Å²) < 4.78 is 31.1. The maximum Gasteiger partial charge on any atom is 0.407 e. The summed E-state index contributed by atoms with van der Waals surface area (Å²) in [5, 5.41) is 22.0. The maximum atomic E-state index is 13.2. The van der Waals surface area contributed by atoms with Crippen LogP contribution in [-0.2, 0) is 4.74 Å². The quantitative estimate of drug-likeness (QED) is 0.629. The third-order valence-electron chi connectivity index (χ3n) is 2.66. The minimum Gasteiger partial charge on any atom is -0.444 e. The van der Waals surface area contributed by atoms with Crippen LogP contribution >= 0.6 is 0 Å². The number of halogens is 2. The molecule has 8 heteroatoms. The van der Waals surface area contributed by atoms with Crippen LogP contribution in [0.4, 0.5) is 19.3 Å². The van der Waals surface area contributed by atoms with E-state index in [0.29, 0.717) is 12.1 Å². The highest BCUT2D eigenvalue weighted by atomic mass is 19.2. The molecular weight excluding hydrogens is 298 g/mol. The van der Waals surface area contributed by atoms with Gasteiger partial charge in [-0.05, 0) is 26.8 Å².